The summed E-state index contributed by atoms with van der Waals surface area (Å²) in [6.45, 7) is 8.33. The first-order valence-electron chi connectivity index (χ1n) is 5.32. The summed E-state index contributed by atoms with van der Waals surface area (Å²) in [5.41, 5.74) is 5.86. The van der Waals surface area contributed by atoms with Gasteiger partial charge in [-0.3, -0.25) is 0 Å². The van der Waals surface area contributed by atoms with E-state index in [9.17, 15) is 0 Å². The average molecular weight is 205 g/mol. The fraction of sp³-hybridized carbons (Fsp3) is 1.00. The first kappa shape index (κ1) is 13.8. The Labute approximate surface area is 86.7 Å². The quantitative estimate of drug-likeness (QED) is 0.453. The van der Waals surface area contributed by atoms with Gasteiger partial charge in [-0.2, -0.15) is 0 Å². The zero-order chi connectivity index (χ0) is 10.8. The van der Waals surface area contributed by atoms with Crippen molar-refractivity contribution in [1.82, 2.24) is 0 Å². The minimum absolute atomic E-state index is 0.207. The van der Waals surface area contributed by atoms with Crippen LogP contribution in [0.25, 0.3) is 0 Å². The first-order chi connectivity index (χ1) is 6.76. The van der Waals surface area contributed by atoms with E-state index in [-0.39, 0.29) is 12.3 Å². The van der Waals surface area contributed by atoms with Crippen LogP contribution in [-0.4, -0.2) is 38.8 Å². The Hall–Kier alpha value is -0.160. The Morgan fingerprint density at radius 2 is 1.64 bits per heavy atom. The Balaban J connectivity index is 3.69. The molecule has 1 unspecified atom stereocenters. The molecule has 0 amide bonds. The van der Waals surface area contributed by atoms with E-state index in [2.05, 4.69) is 6.92 Å². The van der Waals surface area contributed by atoms with Crippen molar-refractivity contribution in [3.63, 3.8) is 0 Å². The largest absolute Gasteiger partial charge is 0.380 e. The second kappa shape index (κ2) is 9.40. The van der Waals surface area contributed by atoms with Crippen molar-refractivity contribution in [3.05, 3.63) is 0 Å². The molecule has 0 rings (SSSR count). The summed E-state index contributed by atoms with van der Waals surface area (Å²) in [4.78, 5) is 0. The fourth-order valence-corrected chi connectivity index (χ4v) is 1.07. The van der Waals surface area contributed by atoms with E-state index < -0.39 is 0 Å². The lowest BCUT2D eigenvalue weighted by Crippen LogP contribution is -2.42. The second-order valence-electron chi connectivity index (χ2n) is 3.02. The first-order valence-corrected chi connectivity index (χ1v) is 5.32. The van der Waals surface area contributed by atoms with E-state index in [0.717, 1.165) is 13.0 Å². The van der Waals surface area contributed by atoms with Crippen LogP contribution in [0.2, 0.25) is 0 Å². The summed E-state index contributed by atoms with van der Waals surface area (Å²) >= 11 is 0. The Kier molecular flexibility index (Phi) is 9.29. The van der Waals surface area contributed by atoms with Gasteiger partial charge in [0, 0.05) is 19.8 Å². The molecule has 0 heterocycles. The summed E-state index contributed by atoms with van der Waals surface area (Å²) in [5.74, 6) is 0. The van der Waals surface area contributed by atoms with E-state index in [0.29, 0.717) is 19.8 Å². The number of hydrogen-bond donors (Lipinski definition) is 1. The van der Waals surface area contributed by atoms with Crippen molar-refractivity contribution in [3.8, 4) is 0 Å². The van der Waals surface area contributed by atoms with E-state index in [1.54, 1.807) is 0 Å². The van der Waals surface area contributed by atoms with Gasteiger partial charge in [0.05, 0.1) is 12.6 Å². The molecule has 0 radical (unpaired) electrons. The van der Waals surface area contributed by atoms with Gasteiger partial charge >= 0.3 is 0 Å². The van der Waals surface area contributed by atoms with Gasteiger partial charge in [0.25, 0.3) is 0 Å². The fourth-order valence-electron chi connectivity index (χ4n) is 1.07. The SMILES string of the molecule is CCCOCC(N)C(OCC)OCC. The number of nitrogens with two attached hydrogens (primary N) is 1. The maximum atomic E-state index is 5.86. The highest BCUT2D eigenvalue weighted by molar-refractivity contribution is 4.64. The van der Waals surface area contributed by atoms with Gasteiger partial charge in [-0.25, -0.2) is 0 Å². The molecule has 2 N–H and O–H groups in total. The standard InChI is InChI=1S/C10H23NO3/c1-4-7-12-8-9(11)10(13-5-2)14-6-3/h9-10H,4-8,11H2,1-3H3. The molecule has 0 aromatic rings. The summed E-state index contributed by atoms with van der Waals surface area (Å²) in [6.07, 6.45) is 0.655. The van der Waals surface area contributed by atoms with Crippen LogP contribution in [0.1, 0.15) is 27.2 Å². The average Bonchev–Trinajstić information content (AvgIpc) is 2.18. The number of hydrogen-bond acceptors (Lipinski definition) is 4. The smallest absolute Gasteiger partial charge is 0.174 e. The van der Waals surface area contributed by atoms with Crippen LogP contribution in [-0.2, 0) is 14.2 Å². The Bertz CT molecular complexity index is 116. The molecule has 0 fully saturated rings. The van der Waals surface area contributed by atoms with Crippen molar-refractivity contribution < 1.29 is 14.2 Å². The van der Waals surface area contributed by atoms with E-state index in [1.165, 1.54) is 0 Å². The normalized spacial score (nSPS) is 13.5. The molecule has 0 aliphatic heterocycles. The van der Waals surface area contributed by atoms with Crippen molar-refractivity contribution >= 4 is 0 Å². The van der Waals surface area contributed by atoms with Gasteiger partial charge in [0.2, 0.25) is 0 Å². The zero-order valence-corrected chi connectivity index (χ0v) is 9.49. The van der Waals surface area contributed by atoms with Crippen LogP contribution in [0.15, 0.2) is 0 Å². The topological polar surface area (TPSA) is 53.7 Å². The molecule has 0 spiro atoms. The molecule has 4 heteroatoms. The van der Waals surface area contributed by atoms with E-state index in [4.69, 9.17) is 19.9 Å². The Morgan fingerprint density at radius 1 is 1.07 bits per heavy atom. The van der Waals surface area contributed by atoms with Crippen molar-refractivity contribution in [1.29, 1.82) is 0 Å². The van der Waals surface area contributed by atoms with E-state index in [1.807, 2.05) is 13.8 Å². The minimum Gasteiger partial charge on any atom is -0.380 e. The van der Waals surface area contributed by atoms with E-state index >= 15 is 0 Å². The summed E-state index contributed by atoms with van der Waals surface area (Å²) in [5, 5.41) is 0. The van der Waals surface area contributed by atoms with Gasteiger partial charge < -0.3 is 19.9 Å². The van der Waals surface area contributed by atoms with Crippen LogP contribution in [0, 0.1) is 0 Å². The number of rotatable bonds is 9. The monoisotopic (exact) mass is 205 g/mol. The number of ether oxygens (including phenoxy) is 3. The summed E-state index contributed by atoms with van der Waals surface area (Å²) in [7, 11) is 0. The lowest BCUT2D eigenvalue weighted by atomic mass is 10.3. The minimum atomic E-state index is -0.346. The van der Waals surface area contributed by atoms with Gasteiger partial charge in [0.1, 0.15) is 0 Å². The highest BCUT2D eigenvalue weighted by atomic mass is 16.7. The molecule has 0 bridgehead atoms. The lowest BCUT2D eigenvalue weighted by molar-refractivity contribution is -0.156. The molecular formula is C10H23NO3. The maximum absolute atomic E-state index is 5.86. The summed E-state index contributed by atoms with van der Waals surface area (Å²) < 4.78 is 16.0. The maximum Gasteiger partial charge on any atom is 0.174 e. The highest BCUT2D eigenvalue weighted by Crippen LogP contribution is 2.01. The zero-order valence-electron chi connectivity index (χ0n) is 9.49. The molecule has 0 saturated heterocycles. The van der Waals surface area contributed by atoms with Crippen LogP contribution in [0.5, 0.6) is 0 Å². The summed E-state index contributed by atoms with van der Waals surface area (Å²) in [6, 6.07) is -0.207. The Morgan fingerprint density at radius 3 is 2.07 bits per heavy atom. The van der Waals surface area contributed by atoms with Gasteiger partial charge in [-0.1, -0.05) is 6.92 Å². The molecule has 0 aromatic heterocycles. The molecular weight excluding hydrogens is 182 g/mol. The third kappa shape index (κ3) is 6.32. The molecule has 0 aliphatic carbocycles. The van der Waals surface area contributed by atoms with Crippen LogP contribution in [0.4, 0.5) is 0 Å². The molecule has 0 aromatic carbocycles. The van der Waals surface area contributed by atoms with Crippen molar-refractivity contribution in [2.24, 2.45) is 5.73 Å². The third-order valence-electron chi connectivity index (χ3n) is 1.67. The van der Waals surface area contributed by atoms with Crippen molar-refractivity contribution in [2.45, 2.75) is 39.5 Å². The predicted octanol–water partition coefficient (Wildman–Crippen LogP) is 1.14. The van der Waals surface area contributed by atoms with Crippen LogP contribution in [0.3, 0.4) is 0 Å². The highest BCUT2D eigenvalue weighted by Gasteiger charge is 2.17. The predicted molar refractivity (Wildman–Crippen MR) is 56.1 cm³/mol. The molecule has 0 aliphatic rings. The van der Waals surface area contributed by atoms with Gasteiger partial charge in [0.15, 0.2) is 6.29 Å². The van der Waals surface area contributed by atoms with Crippen LogP contribution < -0.4 is 5.73 Å². The molecule has 4 nitrogen and oxygen atoms in total. The van der Waals surface area contributed by atoms with Gasteiger partial charge in [-0.05, 0) is 20.3 Å². The van der Waals surface area contributed by atoms with Crippen molar-refractivity contribution in [2.75, 3.05) is 26.4 Å². The molecule has 0 saturated carbocycles. The van der Waals surface area contributed by atoms with Gasteiger partial charge in [-0.15, -0.1) is 0 Å². The molecule has 14 heavy (non-hydrogen) atoms. The van der Waals surface area contributed by atoms with Crippen LogP contribution >= 0.6 is 0 Å². The molecule has 1 atom stereocenters. The third-order valence-corrected chi connectivity index (χ3v) is 1.67. The molecule has 86 valence electrons. The second-order valence-corrected chi connectivity index (χ2v) is 3.02. The lowest BCUT2D eigenvalue weighted by Gasteiger charge is -2.23.